The second-order valence-electron chi connectivity index (χ2n) is 8.32. The van der Waals surface area contributed by atoms with Gasteiger partial charge in [-0.2, -0.15) is 0 Å². The molecule has 9 N–H and O–H groups in total. The number of likely N-dealkylation sites (tertiary alicyclic amines) is 1. The number of amides is 2. The molecule has 194 valence electrons. The van der Waals surface area contributed by atoms with Crippen molar-refractivity contribution in [2.24, 2.45) is 17.1 Å². The Balaban J connectivity index is 0. The average molecular weight is 503 g/mol. The van der Waals surface area contributed by atoms with E-state index in [1.165, 1.54) is 6.92 Å². The number of carbonyl (C=O) groups excluding carboxylic acids is 2. The number of hydrazine groups is 1. The van der Waals surface area contributed by atoms with Gasteiger partial charge >= 0.3 is 8.60 Å². The highest BCUT2D eigenvalue weighted by atomic mass is 31.2. The molecule has 1 aromatic carbocycles. The zero-order valence-electron chi connectivity index (χ0n) is 20.2. The van der Waals surface area contributed by atoms with Crippen LogP contribution in [0.3, 0.4) is 0 Å². The molecule has 2 amide bonds. The number of aliphatic hydroxyl groups excluding tert-OH is 2. The third-order valence-corrected chi connectivity index (χ3v) is 4.45. The van der Waals surface area contributed by atoms with Gasteiger partial charge in [0, 0.05) is 31.6 Å². The molecule has 11 nitrogen and oxygen atoms in total. The number of nitrogens with one attached hydrogen (secondary N) is 1. The summed E-state index contributed by atoms with van der Waals surface area (Å²) in [5, 5.41) is 20.0. The number of rotatable bonds is 6. The van der Waals surface area contributed by atoms with Crippen LogP contribution in [0.1, 0.15) is 51.7 Å². The summed E-state index contributed by atoms with van der Waals surface area (Å²) in [4.78, 5) is 39.3. The third-order valence-electron chi connectivity index (χ3n) is 3.95. The van der Waals surface area contributed by atoms with E-state index in [-0.39, 0.29) is 17.4 Å². The van der Waals surface area contributed by atoms with Gasteiger partial charge in [-0.1, -0.05) is 38.8 Å². The largest absolute Gasteiger partial charge is 0.391 e. The summed E-state index contributed by atoms with van der Waals surface area (Å²) in [6, 6.07) is 7.49. The lowest BCUT2D eigenvalue weighted by Crippen LogP contribution is -2.32. The summed E-state index contributed by atoms with van der Waals surface area (Å²) in [6.07, 6.45) is 5.76. The van der Waals surface area contributed by atoms with Crippen molar-refractivity contribution in [2.75, 3.05) is 13.1 Å². The van der Waals surface area contributed by atoms with Crippen molar-refractivity contribution in [3.63, 3.8) is 0 Å². The van der Waals surface area contributed by atoms with E-state index < -0.39 is 14.9 Å². The van der Waals surface area contributed by atoms with E-state index in [1.54, 1.807) is 4.90 Å². The molecule has 0 spiro atoms. The second-order valence-corrected chi connectivity index (χ2v) is 9.03. The number of hydrogen-bond acceptors (Lipinski definition) is 9. The van der Waals surface area contributed by atoms with E-state index in [1.807, 2.05) is 24.3 Å². The summed E-state index contributed by atoms with van der Waals surface area (Å²) in [6.45, 7) is 9.24. The molecule has 0 saturated carbocycles. The van der Waals surface area contributed by atoms with E-state index in [0.29, 0.717) is 25.9 Å². The molecule has 1 heterocycles. The van der Waals surface area contributed by atoms with Gasteiger partial charge in [0.05, 0.1) is 6.10 Å². The fraction of sp³-hybridized carbons (Fsp3) is 0.545. The zero-order chi connectivity index (χ0) is 26.7. The number of nitrogens with two attached hydrogens (primary N) is 2. The van der Waals surface area contributed by atoms with Gasteiger partial charge in [0.2, 0.25) is 12.3 Å². The smallest absolute Gasteiger partial charge is 0.329 e. The Hall–Kier alpha value is -2.13. The van der Waals surface area contributed by atoms with Gasteiger partial charge in [-0.3, -0.25) is 25.8 Å². The molecule has 0 bridgehead atoms. The Bertz CT molecular complexity index is 713. The Morgan fingerprint density at radius 3 is 2.24 bits per heavy atom. The number of nitrogens with zero attached hydrogens (tertiary/aromatic N) is 1. The SMILES string of the molecule is C#Cc1ccc(CNC=O)cc1.CC(C)(C)CC(=O)N1CCC(O)C1.CC(O)OP(O)O.NN. The molecule has 0 aliphatic carbocycles. The van der Waals surface area contributed by atoms with E-state index in [9.17, 15) is 14.7 Å². The molecule has 2 rings (SSSR count). The van der Waals surface area contributed by atoms with Gasteiger partial charge in [-0.15, -0.1) is 6.42 Å². The highest BCUT2D eigenvalue weighted by Crippen LogP contribution is 2.25. The van der Waals surface area contributed by atoms with Gasteiger partial charge in [-0.05, 0) is 36.5 Å². The van der Waals surface area contributed by atoms with Crippen LogP contribution in [0, 0.1) is 17.8 Å². The molecule has 2 unspecified atom stereocenters. The maximum Gasteiger partial charge on any atom is 0.329 e. The first-order valence-electron chi connectivity index (χ1n) is 10.4. The minimum Gasteiger partial charge on any atom is -0.391 e. The van der Waals surface area contributed by atoms with Gasteiger partial charge < -0.3 is 30.2 Å². The lowest BCUT2D eigenvalue weighted by Gasteiger charge is -2.22. The number of terminal acetylenes is 1. The molecule has 12 heteroatoms. The number of benzene rings is 1. The molecule has 1 aliphatic rings. The molecule has 1 aliphatic heterocycles. The van der Waals surface area contributed by atoms with Crippen molar-refractivity contribution in [1.29, 1.82) is 0 Å². The van der Waals surface area contributed by atoms with Crippen LogP contribution in [0.4, 0.5) is 0 Å². The molecule has 1 aromatic rings. The van der Waals surface area contributed by atoms with Crippen molar-refractivity contribution in [3.05, 3.63) is 35.4 Å². The van der Waals surface area contributed by atoms with Crippen LogP contribution in [0.25, 0.3) is 0 Å². The van der Waals surface area contributed by atoms with Crippen LogP contribution in [0.5, 0.6) is 0 Å². The van der Waals surface area contributed by atoms with Crippen LogP contribution in [0.15, 0.2) is 24.3 Å². The molecule has 0 radical (unpaired) electrons. The molecular formula is C22H39N4O7P. The second kappa shape index (κ2) is 19.2. The maximum atomic E-state index is 11.6. The summed E-state index contributed by atoms with van der Waals surface area (Å²) in [7, 11) is -2.39. The topological polar surface area (TPSA) is 192 Å². The molecule has 34 heavy (non-hydrogen) atoms. The van der Waals surface area contributed by atoms with E-state index in [4.69, 9.17) is 21.3 Å². The Labute approximate surface area is 203 Å². The van der Waals surface area contributed by atoms with Gasteiger partial charge in [-0.25, -0.2) is 0 Å². The first-order valence-corrected chi connectivity index (χ1v) is 11.6. The molecule has 1 fully saturated rings. The lowest BCUT2D eigenvalue weighted by molar-refractivity contribution is -0.132. The van der Waals surface area contributed by atoms with Crippen LogP contribution >= 0.6 is 8.60 Å². The summed E-state index contributed by atoms with van der Waals surface area (Å²) in [5.41, 5.74) is 1.94. The van der Waals surface area contributed by atoms with E-state index in [0.717, 1.165) is 24.1 Å². The van der Waals surface area contributed by atoms with Crippen LogP contribution in [-0.4, -0.2) is 62.7 Å². The summed E-state index contributed by atoms with van der Waals surface area (Å²) in [5.74, 6) is 10.7. The average Bonchev–Trinajstić information content (AvgIpc) is 3.19. The van der Waals surface area contributed by atoms with Crippen LogP contribution in [-0.2, 0) is 20.7 Å². The number of carbonyl (C=O) groups is 2. The molecule has 0 aromatic heterocycles. The number of aliphatic hydroxyl groups is 2. The highest BCUT2D eigenvalue weighted by Gasteiger charge is 2.27. The third kappa shape index (κ3) is 19.3. The molecule has 2 atom stereocenters. The standard InChI is InChI=1S/C10H19NO2.C10H9NO.C2H7O4P.H4N2/c1-10(2,3)6-9(13)11-5-4-8(12)7-11;1-2-9-3-5-10(6-4-9)7-11-8-12;1-2(3)6-7(4)5;1-2/h8,12H,4-7H2,1-3H3;1,3-6,8H,7H2,(H,11,12);2-5H,1H3;1-2H2. The Kier molecular flexibility index (Phi) is 19.2. The number of hydrogen-bond donors (Lipinski definition) is 7. The quantitative estimate of drug-likeness (QED) is 0.0716. The number of β-amino-alcohol motifs (C(OH)–C–C–N with tert-alkyl or cyclic N) is 1. The highest BCUT2D eigenvalue weighted by molar-refractivity contribution is 7.39. The van der Waals surface area contributed by atoms with Gasteiger partial charge in [0.15, 0.2) is 6.29 Å². The Morgan fingerprint density at radius 1 is 1.35 bits per heavy atom. The van der Waals surface area contributed by atoms with Crippen LogP contribution < -0.4 is 17.0 Å². The predicted molar refractivity (Wildman–Crippen MR) is 131 cm³/mol. The van der Waals surface area contributed by atoms with Gasteiger partial charge in [0.1, 0.15) is 0 Å². The van der Waals surface area contributed by atoms with Crippen molar-refractivity contribution in [1.82, 2.24) is 10.2 Å². The van der Waals surface area contributed by atoms with Crippen molar-refractivity contribution in [2.45, 2.75) is 59.5 Å². The van der Waals surface area contributed by atoms with E-state index >= 15 is 0 Å². The maximum absolute atomic E-state index is 11.6. The first kappa shape index (κ1) is 34.0. The normalized spacial score (nSPS) is 15.4. The van der Waals surface area contributed by atoms with Crippen LogP contribution in [0.2, 0.25) is 0 Å². The van der Waals surface area contributed by atoms with E-state index in [2.05, 4.69) is 48.2 Å². The fourth-order valence-electron chi connectivity index (χ4n) is 2.55. The fourth-order valence-corrected chi connectivity index (χ4v) is 2.82. The summed E-state index contributed by atoms with van der Waals surface area (Å²) < 4.78 is 3.98. The Morgan fingerprint density at radius 2 is 1.91 bits per heavy atom. The molecule has 1 saturated heterocycles. The monoisotopic (exact) mass is 502 g/mol. The lowest BCUT2D eigenvalue weighted by atomic mass is 9.92. The zero-order valence-corrected chi connectivity index (χ0v) is 21.1. The van der Waals surface area contributed by atoms with Crippen molar-refractivity contribution >= 4 is 20.9 Å². The minimum atomic E-state index is -2.39. The van der Waals surface area contributed by atoms with Crippen molar-refractivity contribution in [3.8, 4) is 12.3 Å². The minimum absolute atomic E-state index is 0.0463. The first-order chi connectivity index (χ1) is 15.9. The van der Waals surface area contributed by atoms with Gasteiger partial charge in [0.25, 0.3) is 0 Å². The predicted octanol–water partition coefficient (Wildman–Crippen LogP) is 0.301. The molecular weight excluding hydrogens is 463 g/mol. The summed E-state index contributed by atoms with van der Waals surface area (Å²) >= 11 is 0. The van der Waals surface area contributed by atoms with Crippen molar-refractivity contribution < 1.29 is 34.1 Å².